The minimum Gasteiger partial charge on any atom is -0.459 e. The molecule has 0 spiro atoms. The van der Waals surface area contributed by atoms with E-state index in [4.69, 9.17) is 16.3 Å². The van der Waals surface area contributed by atoms with Gasteiger partial charge in [-0.2, -0.15) is 0 Å². The predicted octanol–water partition coefficient (Wildman–Crippen LogP) is 3.75. The topological polar surface area (TPSA) is 26.3 Å². The lowest BCUT2D eigenvalue weighted by Gasteiger charge is -2.11. The van der Waals surface area contributed by atoms with E-state index in [9.17, 15) is 4.79 Å². The van der Waals surface area contributed by atoms with Gasteiger partial charge in [0, 0.05) is 10.4 Å². The maximum atomic E-state index is 11.7. The van der Waals surface area contributed by atoms with Crippen LogP contribution in [0.3, 0.4) is 0 Å². The van der Waals surface area contributed by atoms with Gasteiger partial charge >= 0.3 is 5.97 Å². The lowest BCUT2D eigenvalue weighted by Crippen LogP contribution is -2.13. The number of carbonyl (C=O) groups excluding carboxylic acids is 1. The van der Waals surface area contributed by atoms with Crippen molar-refractivity contribution in [3.63, 3.8) is 0 Å². The Morgan fingerprint density at radius 3 is 2.73 bits per heavy atom. The molecule has 0 heterocycles. The van der Waals surface area contributed by atoms with Gasteiger partial charge in [0.1, 0.15) is 0 Å². The number of halogens is 2. The molecule has 0 aliphatic carbocycles. The molecule has 1 rings (SSSR count). The molecule has 0 aliphatic rings. The van der Waals surface area contributed by atoms with Gasteiger partial charge in [-0.1, -0.05) is 12.1 Å². The van der Waals surface area contributed by atoms with Gasteiger partial charge in [-0.05, 0) is 41.4 Å². The Kier molecular flexibility index (Phi) is 4.61. The predicted molar refractivity (Wildman–Crippen MR) is 64.3 cm³/mol. The highest BCUT2D eigenvalue weighted by atomic mass is 79.9. The van der Waals surface area contributed by atoms with E-state index < -0.39 is 0 Å². The molecule has 0 aliphatic heterocycles. The van der Waals surface area contributed by atoms with Crippen molar-refractivity contribution < 1.29 is 9.53 Å². The van der Waals surface area contributed by atoms with Crippen molar-refractivity contribution in [2.75, 3.05) is 0 Å². The summed E-state index contributed by atoms with van der Waals surface area (Å²) in [6.45, 7) is 3.63. The van der Waals surface area contributed by atoms with E-state index in [1.807, 2.05) is 26.0 Å². The van der Waals surface area contributed by atoms with Crippen LogP contribution in [0.2, 0.25) is 0 Å². The molecule has 82 valence electrons. The Bertz CT molecular complexity index is 364. The van der Waals surface area contributed by atoms with E-state index in [0.717, 1.165) is 5.56 Å². The molecule has 2 nitrogen and oxygen atoms in total. The summed E-state index contributed by atoms with van der Waals surface area (Å²) in [6.07, 6.45) is -0.132. The lowest BCUT2D eigenvalue weighted by molar-refractivity contribution is 0.0376. The monoisotopic (exact) mass is 290 g/mol. The molecule has 0 fully saturated rings. The van der Waals surface area contributed by atoms with Crippen LogP contribution < -0.4 is 0 Å². The summed E-state index contributed by atoms with van der Waals surface area (Å²) < 4.78 is 5.85. The highest BCUT2D eigenvalue weighted by Crippen LogP contribution is 2.23. The van der Waals surface area contributed by atoms with Crippen LogP contribution in [-0.4, -0.2) is 12.1 Å². The van der Waals surface area contributed by atoms with Gasteiger partial charge in [0.05, 0.1) is 11.7 Å². The van der Waals surface area contributed by atoms with Crippen molar-refractivity contribution in [3.05, 3.63) is 33.8 Å². The molecule has 0 unspecified atom stereocenters. The maximum absolute atomic E-state index is 11.7. The lowest BCUT2D eigenvalue weighted by atomic mass is 10.1. The molecular weight excluding hydrogens is 279 g/mol. The zero-order chi connectivity index (χ0) is 11.4. The summed E-state index contributed by atoms with van der Waals surface area (Å²) in [6, 6.07) is 5.45. The third-order valence-corrected chi connectivity index (χ3v) is 2.74. The van der Waals surface area contributed by atoms with Gasteiger partial charge in [-0.15, -0.1) is 11.6 Å². The van der Waals surface area contributed by atoms with E-state index in [1.165, 1.54) is 0 Å². The van der Waals surface area contributed by atoms with Gasteiger partial charge in [0.2, 0.25) is 0 Å². The Labute approximate surface area is 103 Å². The zero-order valence-corrected chi connectivity index (χ0v) is 10.9. The first-order chi connectivity index (χ1) is 7.06. The molecule has 1 aromatic carbocycles. The van der Waals surface area contributed by atoms with Crippen molar-refractivity contribution in [1.82, 2.24) is 0 Å². The summed E-state index contributed by atoms with van der Waals surface area (Å²) in [5.74, 6) is -0.0461. The van der Waals surface area contributed by atoms with Crippen LogP contribution in [-0.2, 0) is 10.6 Å². The Balaban J connectivity index is 3.06. The van der Waals surface area contributed by atoms with Gasteiger partial charge in [0.25, 0.3) is 0 Å². The molecule has 0 saturated heterocycles. The number of rotatable bonds is 3. The van der Waals surface area contributed by atoms with E-state index in [1.54, 1.807) is 6.07 Å². The number of alkyl halides is 1. The van der Waals surface area contributed by atoms with Crippen molar-refractivity contribution in [2.24, 2.45) is 0 Å². The molecule has 0 radical (unpaired) electrons. The van der Waals surface area contributed by atoms with Crippen LogP contribution in [0.1, 0.15) is 29.8 Å². The largest absolute Gasteiger partial charge is 0.459 e. The Morgan fingerprint density at radius 2 is 2.20 bits per heavy atom. The number of hydrogen-bond acceptors (Lipinski definition) is 2. The molecule has 0 atom stereocenters. The first-order valence-electron chi connectivity index (χ1n) is 4.60. The molecular formula is C11H12BrClO2. The number of hydrogen-bond donors (Lipinski definition) is 0. The summed E-state index contributed by atoms with van der Waals surface area (Å²) in [7, 11) is 0. The Morgan fingerprint density at radius 1 is 1.53 bits per heavy atom. The SMILES string of the molecule is CC(C)OC(=O)c1c(Br)cccc1CCl. The maximum Gasteiger partial charge on any atom is 0.339 e. The number of carbonyl (C=O) groups is 1. The second-order valence-electron chi connectivity index (χ2n) is 3.36. The summed E-state index contributed by atoms with van der Waals surface area (Å²) in [4.78, 5) is 11.7. The highest BCUT2D eigenvalue weighted by molar-refractivity contribution is 9.10. The van der Waals surface area contributed by atoms with E-state index in [2.05, 4.69) is 15.9 Å². The summed E-state index contributed by atoms with van der Waals surface area (Å²) in [5, 5.41) is 0. The fraction of sp³-hybridized carbons (Fsp3) is 0.364. The number of benzene rings is 1. The average Bonchev–Trinajstić information content (AvgIpc) is 2.15. The van der Waals surface area contributed by atoms with Gasteiger partial charge in [-0.25, -0.2) is 4.79 Å². The Hall–Kier alpha value is -0.540. The van der Waals surface area contributed by atoms with Gasteiger partial charge in [-0.3, -0.25) is 0 Å². The number of ether oxygens (including phenoxy) is 1. The summed E-state index contributed by atoms with van der Waals surface area (Å²) >= 11 is 9.08. The highest BCUT2D eigenvalue weighted by Gasteiger charge is 2.16. The minimum atomic E-state index is -0.340. The van der Waals surface area contributed by atoms with Gasteiger partial charge in [0.15, 0.2) is 0 Å². The standard InChI is InChI=1S/C11H12BrClO2/c1-7(2)15-11(14)10-8(6-13)4-3-5-9(10)12/h3-5,7H,6H2,1-2H3. The van der Waals surface area contributed by atoms with Gasteiger partial charge < -0.3 is 4.74 Å². The minimum absolute atomic E-state index is 0.132. The van der Waals surface area contributed by atoms with E-state index in [0.29, 0.717) is 15.9 Å². The van der Waals surface area contributed by atoms with Crippen molar-refractivity contribution in [1.29, 1.82) is 0 Å². The molecule has 0 N–H and O–H groups in total. The van der Waals surface area contributed by atoms with Crippen molar-refractivity contribution >= 4 is 33.5 Å². The molecule has 0 bridgehead atoms. The average molecular weight is 292 g/mol. The van der Waals surface area contributed by atoms with Crippen LogP contribution in [0.5, 0.6) is 0 Å². The molecule has 0 amide bonds. The first-order valence-corrected chi connectivity index (χ1v) is 5.93. The third kappa shape index (κ3) is 3.21. The fourth-order valence-electron chi connectivity index (χ4n) is 1.18. The molecule has 0 aromatic heterocycles. The van der Waals surface area contributed by atoms with Crippen molar-refractivity contribution in [3.8, 4) is 0 Å². The van der Waals surface area contributed by atoms with E-state index in [-0.39, 0.29) is 12.1 Å². The van der Waals surface area contributed by atoms with Crippen LogP contribution in [0.15, 0.2) is 22.7 Å². The normalized spacial score (nSPS) is 10.5. The molecule has 1 aromatic rings. The second kappa shape index (κ2) is 5.52. The quantitative estimate of drug-likeness (QED) is 0.626. The van der Waals surface area contributed by atoms with Crippen LogP contribution >= 0.6 is 27.5 Å². The summed E-state index contributed by atoms with van der Waals surface area (Å²) in [5.41, 5.74) is 1.29. The molecule has 15 heavy (non-hydrogen) atoms. The van der Waals surface area contributed by atoms with Crippen molar-refractivity contribution in [2.45, 2.75) is 25.8 Å². The van der Waals surface area contributed by atoms with Crippen LogP contribution in [0.4, 0.5) is 0 Å². The molecule has 0 saturated carbocycles. The smallest absolute Gasteiger partial charge is 0.339 e. The third-order valence-electron chi connectivity index (χ3n) is 1.79. The molecule has 4 heteroatoms. The zero-order valence-electron chi connectivity index (χ0n) is 8.59. The van der Waals surface area contributed by atoms with Crippen LogP contribution in [0, 0.1) is 0 Å². The first kappa shape index (κ1) is 12.5. The van der Waals surface area contributed by atoms with Crippen LogP contribution in [0.25, 0.3) is 0 Å². The fourth-order valence-corrected chi connectivity index (χ4v) is 1.97. The number of esters is 1. The second-order valence-corrected chi connectivity index (χ2v) is 4.48. The van der Waals surface area contributed by atoms with E-state index >= 15 is 0 Å².